The highest BCUT2D eigenvalue weighted by Gasteiger charge is 2.22. The molecule has 24 heavy (non-hydrogen) atoms. The molecule has 0 bridgehead atoms. The second-order valence-electron chi connectivity index (χ2n) is 5.61. The van der Waals surface area contributed by atoms with E-state index < -0.39 is 5.91 Å². The largest absolute Gasteiger partial charge is 0.369 e. The number of primary amides is 1. The molecule has 2 aromatic rings. The van der Waals surface area contributed by atoms with Gasteiger partial charge >= 0.3 is 0 Å². The molecule has 0 saturated heterocycles. The van der Waals surface area contributed by atoms with E-state index in [1.807, 2.05) is 43.3 Å². The lowest BCUT2D eigenvalue weighted by molar-refractivity contribution is -0.119. The first kappa shape index (κ1) is 18.1. The van der Waals surface area contributed by atoms with Crippen LogP contribution < -0.4 is 11.1 Å². The number of hydrogen-bond acceptors (Lipinski definition) is 3. The minimum absolute atomic E-state index is 0.0671. The molecule has 2 rings (SSSR count). The normalized spacial score (nSPS) is 11.9. The Bertz CT molecular complexity index is 622. The molecule has 5 heteroatoms. The number of benzene rings is 2. The molecule has 4 nitrogen and oxygen atoms in total. The van der Waals surface area contributed by atoms with Crippen molar-refractivity contribution >= 4 is 23.6 Å². The van der Waals surface area contributed by atoms with Gasteiger partial charge in [-0.05, 0) is 18.1 Å². The van der Waals surface area contributed by atoms with E-state index in [1.165, 1.54) is 11.8 Å². The van der Waals surface area contributed by atoms with Crippen LogP contribution in [0.15, 0.2) is 60.7 Å². The van der Waals surface area contributed by atoms with Gasteiger partial charge in [-0.15, -0.1) is 11.8 Å². The number of rotatable bonds is 8. The maximum atomic E-state index is 12.1. The number of thioether (sulfide) groups is 1. The molecule has 0 unspecified atom stereocenters. The topological polar surface area (TPSA) is 72.2 Å². The Morgan fingerprint density at radius 2 is 1.46 bits per heavy atom. The molecule has 0 aromatic heterocycles. The maximum Gasteiger partial charge on any atom is 0.230 e. The van der Waals surface area contributed by atoms with Crippen LogP contribution in [-0.2, 0) is 9.59 Å². The standard InChI is InChI=1S/C19H22N2O2S/c1-14(21-18(23)13-24-12-17(20)22)19(15-8-4-2-5-9-15)16-10-6-3-7-11-16/h2-11,14,19H,12-13H2,1H3,(H2,20,22)(H,21,23)/t14-/m0/s1. The summed E-state index contributed by atoms with van der Waals surface area (Å²) in [5.74, 6) is -0.0537. The second-order valence-corrected chi connectivity index (χ2v) is 6.60. The summed E-state index contributed by atoms with van der Waals surface area (Å²) in [5, 5.41) is 3.04. The zero-order chi connectivity index (χ0) is 17.4. The first-order chi connectivity index (χ1) is 11.6. The van der Waals surface area contributed by atoms with Crippen molar-refractivity contribution in [2.24, 2.45) is 5.73 Å². The Hall–Kier alpha value is -2.27. The van der Waals surface area contributed by atoms with Crippen LogP contribution in [0.5, 0.6) is 0 Å². The SMILES string of the molecule is C[C@H](NC(=O)CSCC(N)=O)C(c1ccccc1)c1ccccc1. The number of nitrogens with one attached hydrogen (secondary N) is 1. The molecule has 0 spiro atoms. The predicted molar refractivity (Wildman–Crippen MR) is 98.9 cm³/mol. The molecule has 0 heterocycles. The van der Waals surface area contributed by atoms with Crippen molar-refractivity contribution in [1.82, 2.24) is 5.32 Å². The summed E-state index contributed by atoms with van der Waals surface area (Å²) in [6, 6.07) is 20.2. The highest BCUT2D eigenvalue weighted by molar-refractivity contribution is 8.00. The van der Waals surface area contributed by atoms with Gasteiger partial charge < -0.3 is 11.1 Å². The van der Waals surface area contributed by atoms with Crippen molar-refractivity contribution < 1.29 is 9.59 Å². The first-order valence-corrected chi connectivity index (χ1v) is 8.98. The van der Waals surface area contributed by atoms with Crippen LogP contribution in [0.25, 0.3) is 0 Å². The van der Waals surface area contributed by atoms with E-state index in [1.54, 1.807) is 0 Å². The Kier molecular flexibility index (Phi) is 6.88. The third-order valence-corrected chi connectivity index (χ3v) is 4.64. The fourth-order valence-corrected chi connectivity index (χ4v) is 3.29. The average molecular weight is 342 g/mol. The Morgan fingerprint density at radius 3 is 1.92 bits per heavy atom. The summed E-state index contributed by atoms with van der Waals surface area (Å²) >= 11 is 1.23. The van der Waals surface area contributed by atoms with E-state index in [9.17, 15) is 9.59 Å². The molecule has 0 aliphatic rings. The quantitative estimate of drug-likeness (QED) is 0.774. The van der Waals surface area contributed by atoms with Gasteiger partial charge in [0, 0.05) is 12.0 Å². The zero-order valence-electron chi connectivity index (χ0n) is 13.6. The van der Waals surface area contributed by atoms with Gasteiger partial charge in [-0.25, -0.2) is 0 Å². The van der Waals surface area contributed by atoms with Gasteiger partial charge in [-0.3, -0.25) is 9.59 Å². The molecule has 0 aliphatic heterocycles. The highest BCUT2D eigenvalue weighted by atomic mass is 32.2. The van der Waals surface area contributed by atoms with Gasteiger partial charge in [0.15, 0.2) is 0 Å². The van der Waals surface area contributed by atoms with Crippen LogP contribution in [0, 0.1) is 0 Å². The number of amides is 2. The van der Waals surface area contributed by atoms with Gasteiger partial charge in [-0.1, -0.05) is 60.7 Å². The summed E-state index contributed by atoms with van der Waals surface area (Å²) in [6.07, 6.45) is 0. The van der Waals surface area contributed by atoms with E-state index in [2.05, 4.69) is 29.6 Å². The van der Waals surface area contributed by atoms with E-state index in [-0.39, 0.29) is 29.4 Å². The van der Waals surface area contributed by atoms with Gasteiger partial charge in [0.05, 0.1) is 11.5 Å². The minimum atomic E-state index is -0.410. The molecular formula is C19H22N2O2S. The number of hydrogen-bond donors (Lipinski definition) is 2. The molecule has 3 N–H and O–H groups in total. The van der Waals surface area contributed by atoms with Gasteiger partial charge in [0.1, 0.15) is 0 Å². The van der Waals surface area contributed by atoms with E-state index in [0.717, 1.165) is 11.1 Å². The fourth-order valence-electron chi connectivity index (χ4n) is 2.71. The molecule has 0 saturated carbocycles. The average Bonchev–Trinajstić information content (AvgIpc) is 2.56. The van der Waals surface area contributed by atoms with Gasteiger partial charge in [0.2, 0.25) is 11.8 Å². The van der Waals surface area contributed by atoms with Crippen LogP contribution >= 0.6 is 11.8 Å². The van der Waals surface area contributed by atoms with Crippen LogP contribution in [0.1, 0.15) is 24.0 Å². The van der Waals surface area contributed by atoms with Crippen LogP contribution in [-0.4, -0.2) is 29.4 Å². The fraction of sp³-hybridized carbons (Fsp3) is 0.263. The van der Waals surface area contributed by atoms with E-state index in [0.29, 0.717) is 0 Å². The van der Waals surface area contributed by atoms with E-state index >= 15 is 0 Å². The molecule has 2 aromatic carbocycles. The number of nitrogens with two attached hydrogens (primary N) is 1. The number of carbonyl (C=O) groups excluding carboxylic acids is 2. The first-order valence-electron chi connectivity index (χ1n) is 7.83. The van der Waals surface area contributed by atoms with Crippen molar-refractivity contribution in [1.29, 1.82) is 0 Å². The molecular weight excluding hydrogens is 320 g/mol. The van der Waals surface area contributed by atoms with Gasteiger partial charge in [0.25, 0.3) is 0 Å². The van der Waals surface area contributed by atoms with Gasteiger partial charge in [-0.2, -0.15) is 0 Å². The molecule has 0 fully saturated rings. The number of carbonyl (C=O) groups is 2. The van der Waals surface area contributed by atoms with Crippen molar-refractivity contribution in [3.05, 3.63) is 71.8 Å². The lowest BCUT2D eigenvalue weighted by Crippen LogP contribution is -2.38. The van der Waals surface area contributed by atoms with Crippen molar-refractivity contribution in [2.75, 3.05) is 11.5 Å². The zero-order valence-corrected chi connectivity index (χ0v) is 14.5. The summed E-state index contributed by atoms with van der Waals surface area (Å²) in [4.78, 5) is 22.9. The molecule has 0 radical (unpaired) electrons. The monoisotopic (exact) mass is 342 g/mol. The Balaban J connectivity index is 2.10. The highest BCUT2D eigenvalue weighted by Crippen LogP contribution is 2.27. The lowest BCUT2D eigenvalue weighted by Gasteiger charge is -2.26. The summed E-state index contributed by atoms with van der Waals surface area (Å²) in [5.41, 5.74) is 7.40. The van der Waals surface area contributed by atoms with Crippen LogP contribution in [0.3, 0.4) is 0 Å². The van der Waals surface area contributed by atoms with Crippen molar-refractivity contribution in [2.45, 2.75) is 18.9 Å². The smallest absolute Gasteiger partial charge is 0.230 e. The van der Waals surface area contributed by atoms with E-state index in [4.69, 9.17) is 5.73 Å². The third-order valence-electron chi connectivity index (χ3n) is 3.68. The van der Waals surface area contributed by atoms with Crippen molar-refractivity contribution in [3.8, 4) is 0 Å². The second kappa shape index (κ2) is 9.13. The maximum absolute atomic E-state index is 12.1. The van der Waals surface area contributed by atoms with Crippen LogP contribution in [0.4, 0.5) is 0 Å². The Morgan fingerprint density at radius 1 is 0.958 bits per heavy atom. The third kappa shape index (κ3) is 5.42. The molecule has 1 atom stereocenters. The summed E-state index contributed by atoms with van der Waals surface area (Å²) < 4.78 is 0. The van der Waals surface area contributed by atoms with Crippen molar-refractivity contribution in [3.63, 3.8) is 0 Å². The summed E-state index contributed by atoms with van der Waals surface area (Å²) in [6.45, 7) is 2.00. The molecule has 126 valence electrons. The Labute approximate surface area is 146 Å². The lowest BCUT2D eigenvalue weighted by atomic mass is 9.86. The van der Waals surface area contributed by atoms with Crippen LogP contribution in [0.2, 0.25) is 0 Å². The molecule has 0 aliphatic carbocycles. The minimum Gasteiger partial charge on any atom is -0.369 e. The summed E-state index contributed by atoms with van der Waals surface area (Å²) in [7, 11) is 0. The molecule has 2 amide bonds. The predicted octanol–water partition coefficient (Wildman–Crippen LogP) is 2.54.